The van der Waals surface area contributed by atoms with Crippen LogP contribution in [0.25, 0.3) is 5.69 Å². The first-order valence-electron chi connectivity index (χ1n) is 8.59. The lowest BCUT2D eigenvalue weighted by Crippen LogP contribution is -2.38. The topological polar surface area (TPSA) is 64.0 Å². The average molecular weight is 363 g/mol. The van der Waals surface area contributed by atoms with Crippen LogP contribution in [-0.2, 0) is 16.4 Å². The fraction of sp³-hybridized carbons (Fsp3) is 0.500. The fourth-order valence-electron chi connectivity index (χ4n) is 3.63. The number of fused-ring (bicyclic) bond motifs is 1. The highest BCUT2D eigenvalue weighted by atomic mass is 32.2. The molecule has 1 aromatic heterocycles. The first-order valence-corrected chi connectivity index (χ1v) is 10.1. The molecule has 1 atom stereocenters. The van der Waals surface area contributed by atoms with E-state index in [1.54, 1.807) is 23.0 Å². The zero-order chi connectivity index (χ0) is 17.8. The summed E-state index contributed by atoms with van der Waals surface area (Å²) in [5.41, 5.74) is 2.64. The second-order valence-corrected chi connectivity index (χ2v) is 9.89. The van der Waals surface area contributed by atoms with Crippen molar-refractivity contribution in [2.45, 2.75) is 50.8 Å². The summed E-state index contributed by atoms with van der Waals surface area (Å²) in [6.07, 6.45) is 4.76. The maximum absolute atomic E-state index is 13.2. The Morgan fingerprint density at radius 2 is 1.92 bits per heavy atom. The normalized spacial score (nSPS) is 22.6. The van der Waals surface area contributed by atoms with Crippen LogP contribution in [0.2, 0.25) is 0 Å². The number of aromatic nitrogens is 2. The molecule has 4 rings (SSSR count). The van der Waals surface area contributed by atoms with Crippen molar-refractivity contribution in [3.8, 4) is 5.69 Å². The molecule has 0 radical (unpaired) electrons. The third-order valence-electron chi connectivity index (χ3n) is 5.02. The summed E-state index contributed by atoms with van der Waals surface area (Å²) in [4.78, 5) is 0. The van der Waals surface area contributed by atoms with E-state index in [9.17, 15) is 12.8 Å². The minimum absolute atomic E-state index is 0.0540. The smallest absolute Gasteiger partial charge is 0.215 e. The third kappa shape index (κ3) is 3.22. The number of rotatable bonds is 4. The van der Waals surface area contributed by atoms with Crippen molar-refractivity contribution in [3.63, 3.8) is 0 Å². The molecule has 25 heavy (non-hydrogen) atoms. The van der Waals surface area contributed by atoms with Gasteiger partial charge in [0.15, 0.2) is 0 Å². The Hall–Kier alpha value is -1.73. The van der Waals surface area contributed by atoms with Gasteiger partial charge in [0.25, 0.3) is 0 Å². The lowest BCUT2D eigenvalue weighted by atomic mass is 9.74. The third-order valence-corrected chi connectivity index (χ3v) is 6.98. The number of nitrogens with zero attached hydrogens (tertiary/aromatic N) is 2. The molecule has 2 aromatic rings. The van der Waals surface area contributed by atoms with Gasteiger partial charge in [-0.25, -0.2) is 22.2 Å². The molecule has 134 valence electrons. The van der Waals surface area contributed by atoms with Crippen molar-refractivity contribution >= 4 is 10.0 Å². The van der Waals surface area contributed by atoms with Crippen LogP contribution < -0.4 is 4.72 Å². The summed E-state index contributed by atoms with van der Waals surface area (Å²) in [7, 11) is -3.28. The number of sulfonamides is 1. The van der Waals surface area contributed by atoms with Crippen LogP contribution in [0.15, 0.2) is 30.5 Å². The van der Waals surface area contributed by atoms with Gasteiger partial charge < -0.3 is 0 Å². The predicted octanol–water partition coefficient (Wildman–Crippen LogP) is 3.11. The van der Waals surface area contributed by atoms with Gasteiger partial charge in [-0.15, -0.1) is 0 Å². The molecular formula is C18H22FN3O2S. The highest BCUT2D eigenvalue weighted by Gasteiger charge is 2.41. The molecule has 0 unspecified atom stereocenters. The van der Waals surface area contributed by atoms with Gasteiger partial charge >= 0.3 is 0 Å². The lowest BCUT2D eigenvalue weighted by molar-refractivity contribution is 0.268. The van der Waals surface area contributed by atoms with Gasteiger partial charge in [0, 0.05) is 11.3 Å². The standard InChI is InChI=1S/C18H22FN3O2S/c1-18(2)9-16(21-25(23,24)14-7-8-14)15-11-20-22(17(15)10-18)13-5-3-12(19)4-6-13/h3-6,11,14,16,21H,7-10H2,1-2H3/t16-/m0/s1. The highest BCUT2D eigenvalue weighted by molar-refractivity contribution is 7.90. The van der Waals surface area contributed by atoms with Crippen molar-refractivity contribution in [3.05, 3.63) is 47.5 Å². The van der Waals surface area contributed by atoms with Crippen molar-refractivity contribution in [2.75, 3.05) is 0 Å². The molecule has 1 saturated carbocycles. The average Bonchev–Trinajstić information content (AvgIpc) is 3.29. The molecule has 0 amide bonds. The second kappa shape index (κ2) is 5.64. The van der Waals surface area contributed by atoms with Crippen LogP contribution >= 0.6 is 0 Å². The van der Waals surface area contributed by atoms with E-state index in [1.807, 2.05) is 0 Å². The molecular weight excluding hydrogens is 341 g/mol. The Morgan fingerprint density at radius 3 is 2.56 bits per heavy atom. The Bertz CT molecular complexity index is 899. The van der Waals surface area contributed by atoms with Crippen LogP contribution in [0, 0.1) is 11.2 Å². The molecule has 0 spiro atoms. The van der Waals surface area contributed by atoms with Gasteiger partial charge in [-0.3, -0.25) is 0 Å². The number of nitrogens with one attached hydrogen (secondary N) is 1. The minimum atomic E-state index is -3.28. The number of benzene rings is 1. The first kappa shape index (κ1) is 16.7. The summed E-state index contributed by atoms with van der Waals surface area (Å²) in [6.45, 7) is 4.27. The molecule has 2 aliphatic carbocycles. The fourth-order valence-corrected chi connectivity index (χ4v) is 5.18. The molecule has 0 saturated heterocycles. The van der Waals surface area contributed by atoms with Crippen LogP contribution in [0.5, 0.6) is 0 Å². The molecule has 7 heteroatoms. The van der Waals surface area contributed by atoms with E-state index in [1.165, 1.54) is 12.1 Å². The number of hydrogen-bond donors (Lipinski definition) is 1. The first-order chi connectivity index (χ1) is 11.8. The number of halogens is 1. The minimum Gasteiger partial charge on any atom is -0.237 e. The summed E-state index contributed by atoms with van der Waals surface area (Å²) in [6, 6.07) is 5.93. The molecule has 1 heterocycles. The SMILES string of the molecule is CC1(C)Cc2c(cnn2-c2ccc(F)cc2)[C@@H](NS(=O)(=O)C2CC2)C1. The number of hydrogen-bond acceptors (Lipinski definition) is 3. The van der Waals surface area contributed by atoms with Crippen LogP contribution in [0.1, 0.15) is 50.4 Å². The van der Waals surface area contributed by atoms with Crippen LogP contribution in [-0.4, -0.2) is 23.4 Å². The van der Waals surface area contributed by atoms with Crippen LogP contribution in [0.3, 0.4) is 0 Å². The Morgan fingerprint density at radius 1 is 1.24 bits per heavy atom. The van der Waals surface area contributed by atoms with E-state index < -0.39 is 10.0 Å². The quantitative estimate of drug-likeness (QED) is 0.908. The molecule has 5 nitrogen and oxygen atoms in total. The maximum Gasteiger partial charge on any atom is 0.215 e. The highest BCUT2D eigenvalue weighted by Crippen LogP contribution is 2.42. The van der Waals surface area contributed by atoms with E-state index >= 15 is 0 Å². The summed E-state index contributed by atoms with van der Waals surface area (Å²) < 4.78 is 42.7. The molecule has 2 aliphatic rings. The van der Waals surface area contributed by atoms with Gasteiger partial charge in [0.1, 0.15) is 5.82 Å². The van der Waals surface area contributed by atoms with E-state index in [0.29, 0.717) is 0 Å². The van der Waals surface area contributed by atoms with Crippen molar-refractivity contribution < 1.29 is 12.8 Å². The molecule has 0 bridgehead atoms. The summed E-state index contributed by atoms with van der Waals surface area (Å²) >= 11 is 0. The van der Waals surface area contributed by atoms with Crippen molar-refractivity contribution in [1.82, 2.24) is 14.5 Å². The monoisotopic (exact) mass is 363 g/mol. The van der Waals surface area contributed by atoms with Crippen molar-refractivity contribution in [1.29, 1.82) is 0 Å². The van der Waals surface area contributed by atoms with Gasteiger partial charge in [0.05, 0.1) is 23.2 Å². The van der Waals surface area contributed by atoms with E-state index in [-0.39, 0.29) is 22.5 Å². The largest absolute Gasteiger partial charge is 0.237 e. The maximum atomic E-state index is 13.2. The van der Waals surface area contributed by atoms with E-state index in [2.05, 4.69) is 23.7 Å². The van der Waals surface area contributed by atoms with Gasteiger partial charge in [-0.05, 0) is 55.4 Å². The summed E-state index contributed by atoms with van der Waals surface area (Å²) in [5, 5.41) is 4.22. The predicted molar refractivity (Wildman–Crippen MR) is 93.4 cm³/mol. The van der Waals surface area contributed by atoms with E-state index in [4.69, 9.17) is 0 Å². The molecule has 1 fully saturated rings. The second-order valence-electron chi connectivity index (χ2n) is 7.89. The zero-order valence-corrected chi connectivity index (χ0v) is 15.2. The Balaban J connectivity index is 1.73. The lowest BCUT2D eigenvalue weighted by Gasteiger charge is -2.35. The van der Waals surface area contributed by atoms with Crippen molar-refractivity contribution in [2.24, 2.45) is 5.41 Å². The molecule has 0 aliphatic heterocycles. The van der Waals surface area contributed by atoms with Gasteiger partial charge in [-0.2, -0.15) is 5.10 Å². The van der Waals surface area contributed by atoms with Crippen LogP contribution in [0.4, 0.5) is 4.39 Å². The van der Waals surface area contributed by atoms with Gasteiger partial charge in [0.2, 0.25) is 10.0 Å². The zero-order valence-electron chi connectivity index (χ0n) is 14.4. The Labute approximate surface area is 147 Å². The molecule has 1 aromatic carbocycles. The van der Waals surface area contributed by atoms with E-state index in [0.717, 1.165) is 42.6 Å². The molecule has 1 N–H and O–H groups in total. The Kier molecular flexibility index (Phi) is 3.77. The summed E-state index contributed by atoms with van der Waals surface area (Å²) in [5.74, 6) is -0.292. The van der Waals surface area contributed by atoms with Gasteiger partial charge in [-0.1, -0.05) is 13.8 Å².